The van der Waals surface area contributed by atoms with Gasteiger partial charge in [-0.15, -0.1) is 0 Å². The first kappa shape index (κ1) is 15.8. The normalized spacial score (nSPS) is 16.8. The molecule has 0 saturated heterocycles. The fourth-order valence-corrected chi connectivity index (χ4v) is 2.18. The Bertz CT molecular complexity index is 638. The molecule has 0 radical (unpaired) electrons. The van der Waals surface area contributed by atoms with Gasteiger partial charge in [0.05, 0.1) is 6.04 Å². The highest BCUT2D eigenvalue weighted by atomic mass is 19.1. The molecule has 116 valence electrons. The van der Waals surface area contributed by atoms with Crippen molar-refractivity contribution in [1.29, 1.82) is 0 Å². The first-order valence-electron chi connectivity index (χ1n) is 6.60. The van der Waals surface area contributed by atoms with Gasteiger partial charge in [-0.25, -0.2) is 18.6 Å². The molecule has 1 aromatic rings. The summed E-state index contributed by atoms with van der Waals surface area (Å²) in [4.78, 5) is 22.8. The summed E-state index contributed by atoms with van der Waals surface area (Å²) in [5.74, 6) is -3.05. The third kappa shape index (κ3) is 3.55. The highest BCUT2D eigenvalue weighted by Gasteiger charge is 2.28. The Hall–Kier alpha value is -2.57. The molecule has 0 saturated carbocycles. The van der Waals surface area contributed by atoms with Crippen molar-refractivity contribution in [2.75, 3.05) is 0 Å². The van der Waals surface area contributed by atoms with Crippen LogP contribution in [0.2, 0.25) is 0 Å². The molecule has 7 heteroatoms. The number of carbonyl (C=O) groups is 2. The lowest BCUT2D eigenvalue weighted by Gasteiger charge is -2.22. The van der Waals surface area contributed by atoms with E-state index in [4.69, 9.17) is 5.11 Å². The van der Waals surface area contributed by atoms with Crippen molar-refractivity contribution < 1.29 is 23.5 Å². The molecule has 22 heavy (non-hydrogen) atoms. The maximum atomic E-state index is 13.3. The van der Waals surface area contributed by atoms with Crippen LogP contribution in [0, 0.1) is 11.6 Å². The number of nitrogens with zero attached hydrogens (tertiary/aromatic N) is 2. The molecule has 1 atom stereocenters. The summed E-state index contributed by atoms with van der Waals surface area (Å²) in [5.41, 5.74) is 0.227. The zero-order chi connectivity index (χ0) is 16.3. The lowest BCUT2D eigenvalue weighted by atomic mass is 10.0. The molecule has 2 rings (SSSR count). The molecule has 1 N–H and O–H groups in total. The number of aliphatic carboxylic acids is 1. The SMILES string of the molecule is C=C(CCC(=O)N1N=CCC1c1cc(F)cc(F)c1)C(=O)O. The van der Waals surface area contributed by atoms with Gasteiger partial charge in [-0.05, 0) is 24.1 Å². The monoisotopic (exact) mass is 308 g/mol. The summed E-state index contributed by atoms with van der Waals surface area (Å²) in [7, 11) is 0. The van der Waals surface area contributed by atoms with Crippen molar-refractivity contribution in [3.8, 4) is 0 Å². The third-order valence-corrected chi connectivity index (χ3v) is 3.30. The molecule has 1 aliphatic heterocycles. The standard InChI is InChI=1S/C15H14F2N2O3/c1-9(15(21)22)2-3-14(20)19-13(4-5-18-19)10-6-11(16)8-12(17)7-10/h5-8,13H,1-4H2,(H,21,22). The molecule has 1 aromatic carbocycles. The van der Waals surface area contributed by atoms with Gasteiger partial charge in [-0.3, -0.25) is 4.79 Å². The number of carboxylic acids is 1. The van der Waals surface area contributed by atoms with Gasteiger partial charge in [0, 0.05) is 30.7 Å². The van der Waals surface area contributed by atoms with Crippen molar-refractivity contribution in [2.24, 2.45) is 5.10 Å². The second-order valence-corrected chi connectivity index (χ2v) is 4.90. The molecular weight excluding hydrogens is 294 g/mol. The number of carboxylic acid groups (broad SMARTS) is 1. The van der Waals surface area contributed by atoms with E-state index in [-0.39, 0.29) is 18.4 Å². The van der Waals surface area contributed by atoms with E-state index in [0.29, 0.717) is 12.0 Å². The van der Waals surface area contributed by atoms with Crippen molar-refractivity contribution in [3.63, 3.8) is 0 Å². The third-order valence-electron chi connectivity index (χ3n) is 3.30. The molecule has 1 aliphatic rings. The molecular formula is C15H14F2N2O3. The molecule has 0 aromatic heterocycles. The Morgan fingerprint density at radius 3 is 2.50 bits per heavy atom. The highest BCUT2D eigenvalue weighted by molar-refractivity contribution is 5.87. The van der Waals surface area contributed by atoms with Gasteiger partial charge in [-0.2, -0.15) is 5.10 Å². The number of hydrogen-bond acceptors (Lipinski definition) is 3. The summed E-state index contributed by atoms with van der Waals surface area (Å²) in [6.45, 7) is 3.35. The van der Waals surface area contributed by atoms with Gasteiger partial charge in [0.25, 0.3) is 0 Å². The van der Waals surface area contributed by atoms with Crippen LogP contribution in [0.25, 0.3) is 0 Å². The van der Waals surface area contributed by atoms with Gasteiger partial charge in [0.1, 0.15) is 11.6 Å². The molecule has 0 fully saturated rings. The number of benzene rings is 1. The van der Waals surface area contributed by atoms with E-state index in [1.807, 2.05) is 0 Å². The molecule has 1 heterocycles. The smallest absolute Gasteiger partial charge is 0.330 e. The number of carbonyl (C=O) groups excluding carboxylic acids is 1. The van der Waals surface area contributed by atoms with E-state index < -0.39 is 29.6 Å². The fraction of sp³-hybridized carbons (Fsp3) is 0.267. The Balaban J connectivity index is 2.09. The number of halogens is 2. The van der Waals surface area contributed by atoms with Crippen LogP contribution >= 0.6 is 0 Å². The summed E-state index contributed by atoms with van der Waals surface area (Å²) in [6.07, 6.45) is 1.73. The maximum absolute atomic E-state index is 13.3. The van der Waals surface area contributed by atoms with Gasteiger partial charge in [-0.1, -0.05) is 6.58 Å². The predicted octanol–water partition coefficient (Wildman–Crippen LogP) is 2.65. The van der Waals surface area contributed by atoms with E-state index in [1.54, 1.807) is 0 Å². The Morgan fingerprint density at radius 2 is 1.91 bits per heavy atom. The lowest BCUT2D eigenvalue weighted by molar-refractivity contribution is -0.133. The molecule has 0 spiro atoms. The van der Waals surface area contributed by atoms with E-state index in [2.05, 4.69) is 11.7 Å². The second-order valence-electron chi connectivity index (χ2n) is 4.90. The minimum Gasteiger partial charge on any atom is -0.478 e. The van der Waals surface area contributed by atoms with Crippen LogP contribution in [0.5, 0.6) is 0 Å². The molecule has 0 aliphatic carbocycles. The van der Waals surface area contributed by atoms with E-state index in [0.717, 1.165) is 23.2 Å². The Labute approximate surface area is 125 Å². The minimum absolute atomic E-state index is 0.00951. The number of hydrogen-bond donors (Lipinski definition) is 1. The number of hydrazone groups is 1. The van der Waals surface area contributed by atoms with Crippen molar-refractivity contribution in [1.82, 2.24) is 5.01 Å². The first-order valence-corrected chi connectivity index (χ1v) is 6.60. The fourth-order valence-electron chi connectivity index (χ4n) is 2.18. The summed E-state index contributed by atoms with van der Waals surface area (Å²) in [5, 5.41) is 13.8. The minimum atomic E-state index is -1.17. The Morgan fingerprint density at radius 1 is 1.27 bits per heavy atom. The van der Waals surface area contributed by atoms with Crippen LogP contribution in [-0.2, 0) is 9.59 Å². The average Bonchev–Trinajstić information content (AvgIpc) is 2.92. The predicted molar refractivity (Wildman–Crippen MR) is 75.1 cm³/mol. The van der Waals surface area contributed by atoms with Crippen LogP contribution in [0.4, 0.5) is 8.78 Å². The average molecular weight is 308 g/mol. The largest absolute Gasteiger partial charge is 0.478 e. The maximum Gasteiger partial charge on any atom is 0.330 e. The van der Waals surface area contributed by atoms with Crippen LogP contribution < -0.4 is 0 Å². The second kappa shape index (κ2) is 6.46. The zero-order valence-electron chi connectivity index (χ0n) is 11.6. The molecule has 1 unspecified atom stereocenters. The van der Waals surface area contributed by atoms with Crippen molar-refractivity contribution in [3.05, 3.63) is 47.5 Å². The van der Waals surface area contributed by atoms with Gasteiger partial charge in [0.2, 0.25) is 5.91 Å². The van der Waals surface area contributed by atoms with Crippen LogP contribution in [0.15, 0.2) is 35.5 Å². The molecule has 0 bridgehead atoms. The number of amides is 1. The van der Waals surface area contributed by atoms with Crippen LogP contribution in [0.1, 0.15) is 30.9 Å². The lowest BCUT2D eigenvalue weighted by Crippen LogP contribution is -2.27. The molecule has 1 amide bonds. The quantitative estimate of drug-likeness (QED) is 0.850. The van der Waals surface area contributed by atoms with Crippen molar-refractivity contribution in [2.45, 2.75) is 25.3 Å². The molecule has 5 nitrogen and oxygen atoms in total. The van der Waals surface area contributed by atoms with Gasteiger partial charge in [0.15, 0.2) is 0 Å². The summed E-state index contributed by atoms with van der Waals surface area (Å²) in [6, 6.07) is 2.47. The van der Waals surface area contributed by atoms with Crippen LogP contribution in [-0.4, -0.2) is 28.2 Å². The van der Waals surface area contributed by atoms with Gasteiger partial charge >= 0.3 is 5.97 Å². The Kier molecular flexibility index (Phi) is 4.65. The highest BCUT2D eigenvalue weighted by Crippen LogP contribution is 2.30. The number of rotatable bonds is 5. The van der Waals surface area contributed by atoms with E-state index in [1.165, 1.54) is 6.21 Å². The van der Waals surface area contributed by atoms with Crippen molar-refractivity contribution >= 4 is 18.1 Å². The first-order chi connectivity index (χ1) is 10.4. The summed E-state index contributed by atoms with van der Waals surface area (Å²) < 4.78 is 26.6. The topological polar surface area (TPSA) is 70.0 Å². The zero-order valence-corrected chi connectivity index (χ0v) is 11.6. The van der Waals surface area contributed by atoms with Gasteiger partial charge < -0.3 is 5.11 Å². The van der Waals surface area contributed by atoms with Crippen LogP contribution in [0.3, 0.4) is 0 Å². The summed E-state index contributed by atoms with van der Waals surface area (Å²) >= 11 is 0. The van der Waals surface area contributed by atoms with E-state index >= 15 is 0 Å². The van der Waals surface area contributed by atoms with E-state index in [9.17, 15) is 18.4 Å².